The second kappa shape index (κ2) is 6.63. The molecule has 102 valence electrons. The molecule has 6 heteroatoms. The Balaban J connectivity index is 1.92. The molecule has 0 aliphatic carbocycles. The number of aromatic nitrogens is 1. The molecule has 2 rings (SSSR count). The third kappa shape index (κ3) is 3.75. The van der Waals surface area contributed by atoms with Crippen LogP contribution in [0.3, 0.4) is 0 Å². The van der Waals surface area contributed by atoms with E-state index in [0.29, 0.717) is 5.15 Å². The summed E-state index contributed by atoms with van der Waals surface area (Å²) in [6.45, 7) is 0.791. The molecule has 0 unspecified atom stereocenters. The molecule has 0 saturated heterocycles. The van der Waals surface area contributed by atoms with Crippen LogP contribution in [-0.2, 0) is 6.42 Å². The van der Waals surface area contributed by atoms with E-state index >= 15 is 0 Å². The number of hydrogen-bond donors (Lipinski definition) is 1. The van der Waals surface area contributed by atoms with Crippen molar-refractivity contribution in [2.24, 2.45) is 0 Å². The third-order valence-electron chi connectivity index (χ3n) is 2.61. The maximum absolute atomic E-state index is 5.76. The van der Waals surface area contributed by atoms with Gasteiger partial charge in [-0.25, -0.2) is 4.98 Å². The van der Waals surface area contributed by atoms with Gasteiger partial charge < -0.3 is 14.8 Å². The van der Waals surface area contributed by atoms with E-state index in [1.807, 2.05) is 18.2 Å². The Morgan fingerprint density at radius 2 is 2.05 bits per heavy atom. The SMILES string of the molecule is COc1ccc(CCNc2nc(Cl)cs2)cc1OC. The van der Waals surface area contributed by atoms with Crippen molar-refractivity contribution in [3.8, 4) is 11.5 Å². The van der Waals surface area contributed by atoms with Gasteiger partial charge in [-0.2, -0.15) is 0 Å². The van der Waals surface area contributed by atoms with Gasteiger partial charge in [0.15, 0.2) is 16.6 Å². The van der Waals surface area contributed by atoms with Crippen LogP contribution < -0.4 is 14.8 Å². The van der Waals surface area contributed by atoms with E-state index in [9.17, 15) is 0 Å². The Kier molecular flexibility index (Phi) is 4.87. The highest BCUT2D eigenvalue weighted by atomic mass is 35.5. The molecule has 0 amide bonds. The molecule has 1 N–H and O–H groups in total. The lowest BCUT2D eigenvalue weighted by Crippen LogP contribution is -2.04. The summed E-state index contributed by atoms with van der Waals surface area (Å²) in [6.07, 6.45) is 0.873. The number of nitrogens with one attached hydrogen (secondary N) is 1. The molecule has 4 nitrogen and oxygen atoms in total. The quantitative estimate of drug-likeness (QED) is 0.887. The van der Waals surface area contributed by atoms with Crippen LogP contribution in [0.15, 0.2) is 23.6 Å². The summed E-state index contributed by atoms with van der Waals surface area (Å²) < 4.78 is 10.5. The maximum atomic E-state index is 5.76. The number of methoxy groups -OCH3 is 2. The van der Waals surface area contributed by atoms with Gasteiger partial charge in [-0.3, -0.25) is 0 Å². The highest BCUT2D eigenvalue weighted by Crippen LogP contribution is 2.27. The average molecular weight is 299 g/mol. The molecule has 0 spiro atoms. The fourth-order valence-corrected chi connectivity index (χ4v) is 2.55. The number of rotatable bonds is 6. The fraction of sp³-hybridized carbons (Fsp3) is 0.308. The van der Waals surface area contributed by atoms with Gasteiger partial charge in [-0.15, -0.1) is 11.3 Å². The second-order valence-corrected chi connectivity index (χ2v) is 5.09. The molecule has 1 heterocycles. The average Bonchev–Trinajstić information content (AvgIpc) is 2.84. The number of anilines is 1. The van der Waals surface area contributed by atoms with Crippen LogP contribution in [0.4, 0.5) is 5.13 Å². The minimum Gasteiger partial charge on any atom is -0.493 e. The van der Waals surface area contributed by atoms with Gasteiger partial charge in [0.2, 0.25) is 0 Å². The summed E-state index contributed by atoms with van der Waals surface area (Å²) in [7, 11) is 3.27. The smallest absolute Gasteiger partial charge is 0.184 e. The Hall–Kier alpha value is -1.46. The molecule has 0 aliphatic rings. The van der Waals surface area contributed by atoms with Crippen LogP contribution in [0, 0.1) is 0 Å². The summed E-state index contributed by atoms with van der Waals surface area (Å²) in [5, 5.41) is 6.40. The molecule has 0 saturated carbocycles. The molecule has 0 bridgehead atoms. The van der Waals surface area contributed by atoms with Crippen molar-refractivity contribution >= 4 is 28.1 Å². The molecule has 19 heavy (non-hydrogen) atoms. The summed E-state index contributed by atoms with van der Waals surface area (Å²) >= 11 is 7.26. The van der Waals surface area contributed by atoms with E-state index in [1.54, 1.807) is 19.6 Å². The lowest BCUT2D eigenvalue weighted by molar-refractivity contribution is 0.354. The summed E-state index contributed by atoms with van der Waals surface area (Å²) in [5.74, 6) is 1.49. The van der Waals surface area contributed by atoms with Gasteiger partial charge in [0.1, 0.15) is 5.15 Å². The van der Waals surface area contributed by atoms with E-state index in [4.69, 9.17) is 21.1 Å². The number of thiazole rings is 1. The molecular weight excluding hydrogens is 284 g/mol. The van der Waals surface area contributed by atoms with E-state index in [2.05, 4.69) is 10.3 Å². The zero-order valence-corrected chi connectivity index (χ0v) is 12.3. The molecule has 0 radical (unpaired) electrons. The molecular formula is C13H15ClN2O2S. The molecule has 1 aromatic carbocycles. The Morgan fingerprint density at radius 3 is 2.68 bits per heavy atom. The van der Waals surface area contributed by atoms with Crippen LogP contribution in [0.2, 0.25) is 5.15 Å². The second-order valence-electron chi connectivity index (χ2n) is 3.84. The van der Waals surface area contributed by atoms with Gasteiger partial charge in [0.25, 0.3) is 0 Å². The normalized spacial score (nSPS) is 10.3. The Bertz CT molecular complexity index is 545. The molecule has 1 aromatic heterocycles. The summed E-state index contributed by atoms with van der Waals surface area (Å²) in [5.41, 5.74) is 1.17. The number of ether oxygens (including phenoxy) is 2. The van der Waals surface area contributed by atoms with Crippen molar-refractivity contribution in [2.45, 2.75) is 6.42 Å². The van der Waals surface area contributed by atoms with Gasteiger partial charge in [0, 0.05) is 11.9 Å². The summed E-state index contributed by atoms with van der Waals surface area (Å²) in [4.78, 5) is 4.13. The van der Waals surface area contributed by atoms with Gasteiger partial charge in [-0.1, -0.05) is 17.7 Å². The predicted octanol–water partition coefficient (Wildman–Crippen LogP) is 3.47. The zero-order chi connectivity index (χ0) is 13.7. The maximum Gasteiger partial charge on any atom is 0.184 e. The van der Waals surface area contributed by atoms with Crippen molar-refractivity contribution in [3.63, 3.8) is 0 Å². The minimum absolute atomic E-state index is 0.526. The number of nitrogens with zero attached hydrogens (tertiary/aromatic N) is 1. The minimum atomic E-state index is 0.526. The first-order chi connectivity index (χ1) is 9.22. The largest absolute Gasteiger partial charge is 0.493 e. The topological polar surface area (TPSA) is 43.4 Å². The lowest BCUT2D eigenvalue weighted by atomic mass is 10.1. The van der Waals surface area contributed by atoms with E-state index in [1.165, 1.54) is 16.9 Å². The van der Waals surface area contributed by atoms with Crippen molar-refractivity contribution in [1.29, 1.82) is 0 Å². The van der Waals surface area contributed by atoms with Crippen LogP contribution in [0.25, 0.3) is 0 Å². The van der Waals surface area contributed by atoms with Gasteiger partial charge in [-0.05, 0) is 24.1 Å². The number of halogens is 1. The van der Waals surface area contributed by atoms with Crippen LogP contribution in [0.1, 0.15) is 5.56 Å². The molecule has 0 atom stereocenters. The van der Waals surface area contributed by atoms with E-state index in [0.717, 1.165) is 29.6 Å². The lowest BCUT2D eigenvalue weighted by Gasteiger charge is -2.09. The van der Waals surface area contributed by atoms with Crippen LogP contribution in [-0.4, -0.2) is 25.7 Å². The highest BCUT2D eigenvalue weighted by molar-refractivity contribution is 7.14. The third-order valence-corrected chi connectivity index (χ3v) is 3.74. The Morgan fingerprint density at radius 1 is 1.26 bits per heavy atom. The van der Waals surface area contributed by atoms with Gasteiger partial charge >= 0.3 is 0 Å². The monoisotopic (exact) mass is 298 g/mol. The zero-order valence-electron chi connectivity index (χ0n) is 10.8. The van der Waals surface area contributed by atoms with Crippen molar-refractivity contribution < 1.29 is 9.47 Å². The van der Waals surface area contributed by atoms with Gasteiger partial charge in [0.05, 0.1) is 14.2 Å². The van der Waals surface area contributed by atoms with Crippen LogP contribution >= 0.6 is 22.9 Å². The van der Waals surface area contributed by atoms with Crippen molar-refractivity contribution in [1.82, 2.24) is 4.98 Å². The van der Waals surface area contributed by atoms with E-state index in [-0.39, 0.29) is 0 Å². The first kappa shape index (κ1) is 14.0. The van der Waals surface area contributed by atoms with Crippen molar-refractivity contribution in [2.75, 3.05) is 26.1 Å². The van der Waals surface area contributed by atoms with Crippen molar-refractivity contribution in [3.05, 3.63) is 34.3 Å². The standard InChI is InChI=1S/C13H15ClN2O2S/c1-17-10-4-3-9(7-11(10)18-2)5-6-15-13-16-12(14)8-19-13/h3-4,7-8H,5-6H2,1-2H3,(H,15,16). The highest BCUT2D eigenvalue weighted by Gasteiger charge is 2.05. The molecule has 0 fully saturated rings. The fourth-order valence-electron chi connectivity index (χ4n) is 1.69. The number of hydrogen-bond acceptors (Lipinski definition) is 5. The van der Waals surface area contributed by atoms with E-state index < -0.39 is 0 Å². The molecule has 2 aromatic rings. The molecule has 0 aliphatic heterocycles. The predicted molar refractivity (Wildman–Crippen MR) is 78.9 cm³/mol. The summed E-state index contributed by atoms with van der Waals surface area (Å²) in [6, 6.07) is 5.92. The van der Waals surface area contributed by atoms with Crippen LogP contribution in [0.5, 0.6) is 11.5 Å². The number of benzene rings is 1. The first-order valence-electron chi connectivity index (χ1n) is 5.78. The Labute approximate surface area is 121 Å². The first-order valence-corrected chi connectivity index (χ1v) is 7.04.